The van der Waals surface area contributed by atoms with Crippen molar-refractivity contribution in [2.45, 2.75) is 20.4 Å². The van der Waals surface area contributed by atoms with E-state index in [1.54, 1.807) is 7.05 Å². The average molecular weight is 301 g/mol. The maximum atomic E-state index is 12.1. The second-order valence-corrected chi connectivity index (χ2v) is 5.14. The van der Waals surface area contributed by atoms with E-state index in [9.17, 15) is 9.59 Å². The number of rotatable bonds is 5. The van der Waals surface area contributed by atoms with Crippen molar-refractivity contribution in [3.05, 3.63) is 42.0 Å². The second-order valence-electron chi connectivity index (χ2n) is 5.14. The molecule has 1 aromatic carbocycles. The number of hydrogen-bond donors (Lipinski definition) is 1. The molecule has 7 nitrogen and oxygen atoms in total. The summed E-state index contributed by atoms with van der Waals surface area (Å²) in [4.78, 5) is 29.2. The lowest BCUT2D eigenvalue weighted by atomic mass is 10.1. The number of carbonyl (C=O) groups is 2. The molecule has 0 spiro atoms. The van der Waals surface area contributed by atoms with E-state index in [2.05, 4.69) is 15.4 Å². The first-order valence-corrected chi connectivity index (χ1v) is 6.90. The van der Waals surface area contributed by atoms with E-state index in [0.29, 0.717) is 0 Å². The Hall–Kier alpha value is -2.70. The van der Waals surface area contributed by atoms with Gasteiger partial charge in [-0.05, 0) is 31.0 Å². The monoisotopic (exact) mass is 301 g/mol. The minimum atomic E-state index is -0.233. The van der Waals surface area contributed by atoms with Crippen LogP contribution < -0.4 is 5.32 Å². The van der Waals surface area contributed by atoms with E-state index in [1.807, 2.05) is 32.0 Å². The number of likely N-dealkylation sites (N-methyl/N-ethyl adjacent to an activating group) is 1. The molecule has 0 unspecified atom stereocenters. The number of amides is 2. The van der Waals surface area contributed by atoms with Crippen LogP contribution in [0.25, 0.3) is 0 Å². The molecule has 116 valence electrons. The van der Waals surface area contributed by atoms with Crippen LogP contribution in [-0.4, -0.2) is 45.1 Å². The molecule has 0 radical (unpaired) electrons. The molecule has 0 fully saturated rings. The SMILES string of the molecule is Cc1cccc(NC(=O)CN(C)C(=O)Cn2cncn2)c1C. The molecule has 1 heterocycles. The van der Waals surface area contributed by atoms with Crippen LogP contribution in [-0.2, 0) is 16.1 Å². The predicted octanol–water partition coefficient (Wildman–Crippen LogP) is 0.992. The molecule has 22 heavy (non-hydrogen) atoms. The summed E-state index contributed by atoms with van der Waals surface area (Å²) in [5.74, 6) is -0.440. The summed E-state index contributed by atoms with van der Waals surface area (Å²) in [6.45, 7) is 3.98. The summed E-state index contributed by atoms with van der Waals surface area (Å²) in [5.41, 5.74) is 2.89. The highest BCUT2D eigenvalue weighted by Gasteiger charge is 2.14. The number of hydrogen-bond acceptors (Lipinski definition) is 4. The van der Waals surface area contributed by atoms with Crippen molar-refractivity contribution in [2.75, 3.05) is 18.9 Å². The highest BCUT2D eigenvalue weighted by atomic mass is 16.2. The first-order chi connectivity index (χ1) is 10.5. The molecule has 0 aliphatic carbocycles. The van der Waals surface area contributed by atoms with Gasteiger partial charge in [-0.2, -0.15) is 5.10 Å². The van der Waals surface area contributed by atoms with Crippen LogP contribution in [0.4, 0.5) is 5.69 Å². The van der Waals surface area contributed by atoms with Crippen molar-refractivity contribution in [3.8, 4) is 0 Å². The van der Waals surface area contributed by atoms with Gasteiger partial charge in [0.15, 0.2) is 0 Å². The lowest BCUT2D eigenvalue weighted by molar-refractivity contribution is -0.134. The fourth-order valence-electron chi connectivity index (χ4n) is 1.95. The third-order valence-corrected chi connectivity index (χ3v) is 3.45. The zero-order chi connectivity index (χ0) is 16.1. The Morgan fingerprint density at radius 1 is 1.32 bits per heavy atom. The molecular weight excluding hydrogens is 282 g/mol. The van der Waals surface area contributed by atoms with Gasteiger partial charge in [-0.25, -0.2) is 9.67 Å². The smallest absolute Gasteiger partial charge is 0.244 e. The summed E-state index contributed by atoms with van der Waals surface area (Å²) in [6.07, 6.45) is 2.82. The third-order valence-electron chi connectivity index (χ3n) is 3.45. The number of carbonyl (C=O) groups excluding carboxylic acids is 2. The van der Waals surface area contributed by atoms with Crippen LogP contribution in [0.3, 0.4) is 0 Å². The number of anilines is 1. The van der Waals surface area contributed by atoms with E-state index in [1.165, 1.54) is 22.2 Å². The van der Waals surface area contributed by atoms with Gasteiger partial charge in [-0.15, -0.1) is 0 Å². The van der Waals surface area contributed by atoms with Gasteiger partial charge >= 0.3 is 0 Å². The summed E-state index contributed by atoms with van der Waals surface area (Å²) < 4.78 is 1.42. The Balaban J connectivity index is 1.91. The minimum Gasteiger partial charge on any atom is -0.335 e. The van der Waals surface area contributed by atoms with E-state index in [-0.39, 0.29) is 24.9 Å². The number of aryl methyl sites for hydroxylation is 1. The lowest BCUT2D eigenvalue weighted by Crippen LogP contribution is -2.37. The van der Waals surface area contributed by atoms with Crippen molar-refractivity contribution in [1.82, 2.24) is 19.7 Å². The zero-order valence-corrected chi connectivity index (χ0v) is 12.9. The Bertz CT molecular complexity index is 667. The molecule has 7 heteroatoms. The maximum Gasteiger partial charge on any atom is 0.244 e. The van der Waals surface area contributed by atoms with Gasteiger partial charge in [0, 0.05) is 12.7 Å². The van der Waals surface area contributed by atoms with E-state index >= 15 is 0 Å². The Morgan fingerprint density at radius 2 is 2.09 bits per heavy atom. The van der Waals surface area contributed by atoms with Crippen molar-refractivity contribution >= 4 is 17.5 Å². The molecule has 0 aliphatic rings. The molecule has 2 aromatic rings. The largest absolute Gasteiger partial charge is 0.335 e. The fraction of sp³-hybridized carbons (Fsp3) is 0.333. The highest BCUT2D eigenvalue weighted by molar-refractivity contribution is 5.95. The Morgan fingerprint density at radius 3 is 2.77 bits per heavy atom. The number of nitrogens with zero attached hydrogens (tertiary/aromatic N) is 4. The van der Waals surface area contributed by atoms with Crippen LogP contribution in [0.15, 0.2) is 30.9 Å². The molecule has 0 atom stereocenters. The van der Waals surface area contributed by atoms with Crippen LogP contribution >= 0.6 is 0 Å². The van der Waals surface area contributed by atoms with Crippen molar-refractivity contribution < 1.29 is 9.59 Å². The molecule has 1 N–H and O–H groups in total. The minimum absolute atomic E-state index is 0.0130. The zero-order valence-electron chi connectivity index (χ0n) is 12.9. The molecular formula is C15H19N5O2. The highest BCUT2D eigenvalue weighted by Crippen LogP contribution is 2.17. The van der Waals surface area contributed by atoms with Crippen molar-refractivity contribution in [3.63, 3.8) is 0 Å². The fourth-order valence-corrected chi connectivity index (χ4v) is 1.95. The average Bonchev–Trinajstić information content (AvgIpc) is 2.96. The normalized spacial score (nSPS) is 10.3. The lowest BCUT2D eigenvalue weighted by Gasteiger charge is -2.17. The molecule has 2 amide bonds. The Labute approximate surface area is 129 Å². The van der Waals surface area contributed by atoms with Gasteiger partial charge in [-0.3, -0.25) is 9.59 Å². The summed E-state index contributed by atoms with van der Waals surface area (Å²) in [5, 5.41) is 6.69. The van der Waals surface area contributed by atoms with Gasteiger partial charge in [-0.1, -0.05) is 12.1 Å². The molecule has 1 aromatic heterocycles. The first kappa shape index (κ1) is 15.7. The Kier molecular flexibility index (Phi) is 4.88. The first-order valence-electron chi connectivity index (χ1n) is 6.90. The van der Waals surface area contributed by atoms with Crippen LogP contribution in [0.2, 0.25) is 0 Å². The predicted molar refractivity (Wildman–Crippen MR) is 82.2 cm³/mol. The van der Waals surface area contributed by atoms with Crippen molar-refractivity contribution in [1.29, 1.82) is 0 Å². The quantitative estimate of drug-likeness (QED) is 0.893. The van der Waals surface area contributed by atoms with E-state index in [4.69, 9.17) is 0 Å². The molecule has 2 rings (SSSR count). The van der Waals surface area contributed by atoms with Gasteiger partial charge < -0.3 is 10.2 Å². The molecule has 0 saturated heterocycles. The molecule has 0 aliphatic heterocycles. The van der Waals surface area contributed by atoms with Crippen LogP contribution in [0.5, 0.6) is 0 Å². The van der Waals surface area contributed by atoms with Gasteiger partial charge in [0.05, 0.1) is 6.54 Å². The maximum absolute atomic E-state index is 12.1. The summed E-state index contributed by atoms with van der Waals surface area (Å²) in [7, 11) is 1.59. The summed E-state index contributed by atoms with van der Waals surface area (Å²) >= 11 is 0. The third kappa shape index (κ3) is 3.91. The van der Waals surface area contributed by atoms with Gasteiger partial charge in [0.25, 0.3) is 0 Å². The molecule has 0 saturated carbocycles. The number of nitrogens with one attached hydrogen (secondary N) is 1. The van der Waals surface area contributed by atoms with Crippen LogP contribution in [0, 0.1) is 13.8 Å². The van der Waals surface area contributed by atoms with Crippen LogP contribution in [0.1, 0.15) is 11.1 Å². The standard InChI is InChI=1S/C15H19N5O2/c1-11-5-4-6-13(12(11)2)18-14(21)7-19(3)15(22)8-20-10-16-9-17-20/h4-6,9-10H,7-8H2,1-3H3,(H,18,21). The van der Waals surface area contributed by atoms with E-state index < -0.39 is 0 Å². The number of aromatic nitrogens is 3. The number of benzene rings is 1. The van der Waals surface area contributed by atoms with Crippen molar-refractivity contribution in [2.24, 2.45) is 0 Å². The topological polar surface area (TPSA) is 80.1 Å². The summed E-state index contributed by atoms with van der Waals surface area (Å²) in [6, 6.07) is 5.72. The van der Waals surface area contributed by atoms with Gasteiger partial charge in [0.2, 0.25) is 11.8 Å². The molecule has 0 bridgehead atoms. The second kappa shape index (κ2) is 6.84. The van der Waals surface area contributed by atoms with Gasteiger partial charge in [0.1, 0.15) is 19.2 Å². The van der Waals surface area contributed by atoms with E-state index in [0.717, 1.165) is 16.8 Å².